The fourth-order valence-electron chi connectivity index (χ4n) is 7.23. The van der Waals surface area contributed by atoms with Crippen molar-refractivity contribution in [3.05, 3.63) is 92.6 Å². The van der Waals surface area contributed by atoms with Crippen LogP contribution in [-0.2, 0) is 49.5 Å². The van der Waals surface area contributed by atoms with E-state index in [2.05, 4.69) is 31.6 Å². The number of nitrogens with two attached hydrogens (primary N) is 1. The van der Waals surface area contributed by atoms with Crippen LogP contribution >= 0.6 is 0 Å². The molecule has 22 nitrogen and oxygen atoms in total. The average molecular weight is 921 g/mol. The fourth-order valence-corrected chi connectivity index (χ4v) is 7.23. The Bertz CT molecular complexity index is 2400. The Labute approximate surface area is 378 Å². The lowest BCUT2D eigenvalue weighted by Crippen LogP contribution is -2.66. The summed E-state index contributed by atoms with van der Waals surface area (Å²) in [6.45, 7) is 4.54. The summed E-state index contributed by atoms with van der Waals surface area (Å²) in [5.74, 6) is -3.69. The van der Waals surface area contributed by atoms with Gasteiger partial charge in [0.1, 0.15) is 54.7 Å². The monoisotopic (exact) mass is 920 g/mol. The van der Waals surface area contributed by atoms with E-state index in [1.807, 2.05) is 6.07 Å². The van der Waals surface area contributed by atoms with Gasteiger partial charge >= 0.3 is 5.97 Å². The number of hydrogen-bond donors (Lipinski definition) is 9. The summed E-state index contributed by atoms with van der Waals surface area (Å²) in [5, 5.41) is 47.1. The Hall–Kier alpha value is -6.56. The number of anilines is 1. The molecule has 0 spiro atoms. The third-order valence-electron chi connectivity index (χ3n) is 10.7. The minimum atomic E-state index is -1.51. The number of hydrogen-bond acceptors (Lipinski definition) is 16. The highest BCUT2D eigenvalue weighted by Gasteiger charge is 2.48. The lowest BCUT2D eigenvalue weighted by atomic mass is 9.96. The number of carbonyl (C=O) groups excluding carboxylic acids is 5. The molecule has 3 aromatic carbocycles. The number of primary amides is 1. The zero-order chi connectivity index (χ0) is 47.9. The van der Waals surface area contributed by atoms with Gasteiger partial charge < -0.3 is 66.5 Å². The molecule has 1 aliphatic heterocycles. The van der Waals surface area contributed by atoms with Crippen molar-refractivity contribution in [1.82, 2.24) is 26.3 Å². The molecule has 0 radical (unpaired) electrons. The summed E-state index contributed by atoms with van der Waals surface area (Å²) in [4.78, 5) is 90.7. The summed E-state index contributed by atoms with van der Waals surface area (Å²) in [7, 11) is 0. The van der Waals surface area contributed by atoms with E-state index in [1.54, 1.807) is 48.5 Å². The van der Waals surface area contributed by atoms with Crippen LogP contribution in [0.15, 0.2) is 71.5 Å². The smallest absolute Gasteiger partial charge is 0.305 e. The van der Waals surface area contributed by atoms with Gasteiger partial charge in [-0.05, 0) is 57.0 Å². The van der Waals surface area contributed by atoms with Crippen molar-refractivity contribution in [2.24, 2.45) is 5.73 Å². The highest BCUT2D eigenvalue weighted by molar-refractivity contribution is 6.03. The molecular formula is C44H56N8O14. The summed E-state index contributed by atoms with van der Waals surface area (Å²) in [6.07, 6.45) is -6.42. The van der Waals surface area contributed by atoms with Gasteiger partial charge in [-0.2, -0.15) is 0 Å². The van der Waals surface area contributed by atoms with Gasteiger partial charge in [-0.3, -0.25) is 38.9 Å². The molecule has 0 saturated carbocycles. The first-order chi connectivity index (χ1) is 31.6. The van der Waals surface area contributed by atoms with Crippen LogP contribution in [0.1, 0.15) is 45.6 Å². The van der Waals surface area contributed by atoms with Crippen molar-refractivity contribution >= 4 is 62.8 Å². The molecule has 0 aliphatic carbocycles. The normalized spacial score (nSPS) is 19.6. The van der Waals surface area contributed by atoms with E-state index in [4.69, 9.17) is 24.7 Å². The second-order valence-electron chi connectivity index (χ2n) is 15.6. The highest BCUT2D eigenvalue weighted by atomic mass is 16.7. The number of esters is 1. The molecule has 8 unspecified atom stereocenters. The second-order valence-corrected chi connectivity index (χ2v) is 15.6. The number of aromatic amines is 1. The Morgan fingerprint density at radius 1 is 0.970 bits per heavy atom. The van der Waals surface area contributed by atoms with Crippen molar-refractivity contribution in [1.29, 1.82) is 0 Å². The lowest BCUT2D eigenvalue weighted by Gasteiger charge is -2.44. The number of amides is 4. The van der Waals surface area contributed by atoms with Crippen LogP contribution in [-0.4, -0.2) is 131 Å². The Balaban J connectivity index is 1.03. The number of para-hydroxylation sites is 1. The fraction of sp³-hybridized carbons (Fsp3) is 0.455. The second kappa shape index (κ2) is 24.1. The molecule has 22 heteroatoms. The molecule has 0 bridgehead atoms. The van der Waals surface area contributed by atoms with Crippen LogP contribution in [0.3, 0.4) is 0 Å². The number of carbonyl (C=O) groups is 5. The van der Waals surface area contributed by atoms with Crippen LogP contribution < -0.4 is 37.7 Å². The standard InChI is InChI=1S/C44H56N8O14/c1-24(48-43(60)25(2)65-40-37(49-26(3)54)44(66-33(22-53)39(40)57)64-23-27-10-5-4-6-11-27)42(59)51-31(41(45)58)15-17-34(55)63-21-20-46-18-9-19-47-30-14-16-32(52(61)62)36-35(30)38(56)28-12-7-8-13-29(28)50-36/h4-8,10-14,16,24-25,31,33,37,39-40,44,46-47,53,57H,9,15,17-23H2,1-3H3,(H2,45,58)(H,48,60)(H,49,54)(H,50,56)(H,51,59). The molecular weight excluding hydrogens is 865 g/mol. The summed E-state index contributed by atoms with van der Waals surface area (Å²) >= 11 is 0. The number of rotatable bonds is 24. The number of nitro groups is 1. The van der Waals surface area contributed by atoms with Gasteiger partial charge in [0.25, 0.3) is 5.69 Å². The number of pyridine rings is 1. The maximum Gasteiger partial charge on any atom is 0.305 e. The van der Waals surface area contributed by atoms with Gasteiger partial charge in [-0.25, -0.2) is 0 Å². The first kappa shape index (κ1) is 50.4. The van der Waals surface area contributed by atoms with Crippen LogP contribution in [0.4, 0.5) is 11.4 Å². The quantitative estimate of drug-likeness (QED) is 0.0151. The highest BCUT2D eigenvalue weighted by Crippen LogP contribution is 2.30. The van der Waals surface area contributed by atoms with E-state index in [-0.39, 0.29) is 48.1 Å². The zero-order valence-electron chi connectivity index (χ0n) is 36.7. The van der Waals surface area contributed by atoms with Crippen molar-refractivity contribution in [2.45, 2.75) is 95.5 Å². The molecule has 4 aromatic rings. The summed E-state index contributed by atoms with van der Waals surface area (Å²) in [6, 6.07) is 15.0. The van der Waals surface area contributed by atoms with Crippen molar-refractivity contribution in [2.75, 3.05) is 38.2 Å². The molecule has 2 heterocycles. The van der Waals surface area contributed by atoms with E-state index < -0.39 is 90.0 Å². The van der Waals surface area contributed by atoms with Crippen molar-refractivity contribution < 1.29 is 58.1 Å². The molecule has 1 aromatic heterocycles. The number of nitrogens with one attached hydrogen (secondary N) is 6. The molecule has 1 fully saturated rings. The first-order valence-electron chi connectivity index (χ1n) is 21.3. The van der Waals surface area contributed by atoms with Crippen molar-refractivity contribution in [3.8, 4) is 0 Å². The molecule has 5 rings (SSSR count). The molecule has 4 amide bonds. The number of ether oxygens (including phenoxy) is 4. The van der Waals surface area contributed by atoms with Crippen LogP contribution in [0.25, 0.3) is 21.8 Å². The Morgan fingerprint density at radius 3 is 2.39 bits per heavy atom. The first-order valence-corrected chi connectivity index (χ1v) is 21.3. The van der Waals surface area contributed by atoms with Crippen LogP contribution in [0, 0.1) is 10.1 Å². The van der Waals surface area contributed by atoms with Crippen LogP contribution in [0.5, 0.6) is 0 Å². The topological polar surface area (TPSA) is 325 Å². The van der Waals surface area contributed by atoms with Gasteiger partial charge in [0.05, 0.1) is 23.5 Å². The number of nitro benzene ring substituents is 1. The molecule has 10 N–H and O–H groups in total. The van der Waals surface area contributed by atoms with Crippen molar-refractivity contribution in [3.63, 3.8) is 0 Å². The maximum absolute atomic E-state index is 13.3. The largest absolute Gasteiger partial charge is 0.464 e. The van der Waals surface area contributed by atoms with Gasteiger partial charge in [-0.15, -0.1) is 0 Å². The SMILES string of the molecule is CC(=O)NC1C(OCc2ccccc2)OC(CO)C(O)C1OC(C)C(=O)NC(C)C(=O)NC(CCC(=O)OCCNCCCNc1ccc([N+](=O)[O-])c2[nH]c3ccccc3c(=O)c12)C(N)=O. The molecule has 356 valence electrons. The van der Waals surface area contributed by atoms with E-state index in [0.29, 0.717) is 42.6 Å². The van der Waals surface area contributed by atoms with Gasteiger partial charge in [0, 0.05) is 49.1 Å². The number of H-pyrrole nitrogens is 1. The number of aliphatic hydroxyl groups is 2. The third-order valence-corrected chi connectivity index (χ3v) is 10.7. The lowest BCUT2D eigenvalue weighted by molar-refractivity contribution is -0.383. The van der Waals surface area contributed by atoms with E-state index >= 15 is 0 Å². The minimum absolute atomic E-state index is 0.00286. The molecule has 1 aliphatic rings. The number of aliphatic hydroxyl groups excluding tert-OH is 2. The van der Waals surface area contributed by atoms with Gasteiger partial charge in [0.2, 0.25) is 23.6 Å². The molecule has 8 atom stereocenters. The van der Waals surface area contributed by atoms with E-state index in [9.17, 15) is 49.1 Å². The number of aromatic nitrogens is 1. The summed E-state index contributed by atoms with van der Waals surface area (Å²) in [5.41, 5.74) is 6.79. The Kier molecular flexibility index (Phi) is 18.4. The third kappa shape index (κ3) is 13.5. The van der Waals surface area contributed by atoms with E-state index in [1.165, 1.54) is 32.9 Å². The van der Waals surface area contributed by atoms with E-state index in [0.717, 1.165) is 5.56 Å². The number of non-ortho nitro benzene ring substituents is 1. The number of benzene rings is 3. The number of nitrogens with zero attached hydrogens (tertiary/aromatic N) is 1. The zero-order valence-corrected chi connectivity index (χ0v) is 36.7. The Morgan fingerprint density at radius 2 is 1.70 bits per heavy atom. The predicted molar refractivity (Wildman–Crippen MR) is 239 cm³/mol. The minimum Gasteiger partial charge on any atom is -0.464 e. The average Bonchev–Trinajstić information content (AvgIpc) is 3.29. The molecule has 66 heavy (non-hydrogen) atoms. The van der Waals surface area contributed by atoms with Gasteiger partial charge in [-0.1, -0.05) is 42.5 Å². The maximum atomic E-state index is 13.3. The summed E-state index contributed by atoms with van der Waals surface area (Å²) < 4.78 is 22.9. The van der Waals surface area contributed by atoms with Gasteiger partial charge in [0.15, 0.2) is 11.7 Å². The predicted octanol–water partition coefficient (Wildman–Crippen LogP) is 0.353. The van der Waals surface area contributed by atoms with Crippen LogP contribution in [0.2, 0.25) is 0 Å². The number of fused-ring (bicyclic) bond motifs is 2. The molecule has 1 saturated heterocycles.